The lowest BCUT2D eigenvalue weighted by atomic mass is 9.97. The Morgan fingerprint density at radius 2 is 1.94 bits per heavy atom. The van der Waals surface area contributed by atoms with E-state index in [1.165, 1.54) is 17.2 Å². The second kappa shape index (κ2) is 4.94. The van der Waals surface area contributed by atoms with E-state index in [4.69, 9.17) is 0 Å². The van der Waals surface area contributed by atoms with E-state index in [9.17, 15) is 5.11 Å². The first-order chi connectivity index (χ1) is 7.86. The zero-order chi connectivity index (χ0) is 11.0. The van der Waals surface area contributed by atoms with E-state index < -0.39 is 0 Å². The number of fused-ring (bicyclic) bond motifs is 1. The molecule has 0 radical (unpaired) electrons. The van der Waals surface area contributed by atoms with Crippen LogP contribution < -0.4 is 5.32 Å². The van der Waals surface area contributed by atoms with Crippen molar-refractivity contribution in [3.8, 4) is 5.75 Å². The van der Waals surface area contributed by atoms with E-state index in [1.54, 1.807) is 6.07 Å². The molecule has 1 heterocycles. The molecule has 1 aliphatic rings. The Balaban J connectivity index is 0.00000108. The molecule has 0 aromatic heterocycles. The molecular weight excluding hydrogens is 234 g/mol. The summed E-state index contributed by atoms with van der Waals surface area (Å²) in [4.78, 5) is 0. The van der Waals surface area contributed by atoms with Gasteiger partial charge in [0.15, 0.2) is 0 Å². The largest absolute Gasteiger partial charge is 0.508 e. The van der Waals surface area contributed by atoms with Crippen LogP contribution in [0, 0.1) is 0 Å². The lowest BCUT2D eigenvalue weighted by Crippen LogP contribution is -2.13. The van der Waals surface area contributed by atoms with Crippen molar-refractivity contribution in [2.75, 3.05) is 6.54 Å². The van der Waals surface area contributed by atoms with Crippen LogP contribution in [-0.4, -0.2) is 11.7 Å². The van der Waals surface area contributed by atoms with Crippen LogP contribution in [0.2, 0.25) is 0 Å². The molecule has 2 aromatic rings. The number of hydrogen-bond donors (Lipinski definition) is 2. The third-order valence-electron chi connectivity index (χ3n) is 3.36. The second-order valence-corrected chi connectivity index (χ2v) is 4.37. The molecule has 0 bridgehead atoms. The third-order valence-corrected chi connectivity index (χ3v) is 3.36. The van der Waals surface area contributed by atoms with Crippen molar-refractivity contribution in [2.24, 2.45) is 0 Å². The molecular formula is C14H16ClNO. The molecule has 1 aliphatic heterocycles. The minimum Gasteiger partial charge on any atom is -0.508 e. The zero-order valence-corrected chi connectivity index (χ0v) is 10.3. The van der Waals surface area contributed by atoms with Crippen LogP contribution in [0.3, 0.4) is 0 Å². The van der Waals surface area contributed by atoms with Crippen molar-refractivity contribution < 1.29 is 5.11 Å². The molecule has 90 valence electrons. The topological polar surface area (TPSA) is 32.3 Å². The number of hydrogen-bond acceptors (Lipinski definition) is 2. The van der Waals surface area contributed by atoms with Crippen LogP contribution >= 0.6 is 12.4 Å². The van der Waals surface area contributed by atoms with Gasteiger partial charge in [-0.1, -0.05) is 30.3 Å². The molecule has 0 amide bonds. The molecule has 1 fully saturated rings. The lowest BCUT2D eigenvalue weighted by molar-refractivity contribution is 0.459. The maximum Gasteiger partial charge on any atom is 0.120 e. The smallest absolute Gasteiger partial charge is 0.120 e. The summed E-state index contributed by atoms with van der Waals surface area (Å²) in [5.74, 6) is 0.415. The van der Waals surface area contributed by atoms with Crippen molar-refractivity contribution in [3.05, 3.63) is 42.0 Å². The van der Waals surface area contributed by atoms with Crippen molar-refractivity contribution in [1.82, 2.24) is 5.32 Å². The van der Waals surface area contributed by atoms with Gasteiger partial charge in [0.05, 0.1) is 0 Å². The van der Waals surface area contributed by atoms with Crippen molar-refractivity contribution in [1.29, 1.82) is 0 Å². The predicted octanol–water partition coefficient (Wildman–Crippen LogP) is 3.39. The maximum atomic E-state index is 10.0. The average Bonchev–Trinajstić information content (AvgIpc) is 2.82. The number of phenolic OH excluding ortho intramolecular Hbond substituents is 1. The van der Waals surface area contributed by atoms with Gasteiger partial charge >= 0.3 is 0 Å². The van der Waals surface area contributed by atoms with Gasteiger partial charge < -0.3 is 10.4 Å². The molecule has 17 heavy (non-hydrogen) atoms. The van der Waals surface area contributed by atoms with E-state index in [2.05, 4.69) is 17.4 Å². The Morgan fingerprint density at radius 3 is 2.71 bits per heavy atom. The molecule has 0 spiro atoms. The summed E-state index contributed by atoms with van der Waals surface area (Å²) in [5.41, 5.74) is 1.07. The predicted molar refractivity (Wildman–Crippen MR) is 72.8 cm³/mol. The van der Waals surface area contributed by atoms with Crippen molar-refractivity contribution >= 4 is 23.2 Å². The van der Waals surface area contributed by atoms with Gasteiger partial charge in [-0.25, -0.2) is 0 Å². The normalized spacial score (nSPS) is 19.2. The molecule has 2 N–H and O–H groups in total. The van der Waals surface area contributed by atoms with Crippen LogP contribution in [0.5, 0.6) is 5.75 Å². The highest BCUT2D eigenvalue weighted by Crippen LogP contribution is 2.35. The first kappa shape index (κ1) is 12.2. The molecule has 0 aliphatic carbocycles. The summed E-state index contributed by atoms with van der Waals surface area (Å²) in [6.45, 7) is 1.05. The second-order valence-electron chi connectivity index (χ2n) is 4.37. The molecule has 2 aromatic carbocycles. The van der Waals surface area contributed by atoms with Gasteiger partial charge in [0, 0.05) is 11.6 Å². The fourth-order valence-corrected chi connectivity index (χ4v) is 2.58. The maximum absolute atomic E-state index is 10.0. The van der Waals surface area contributed by atoms with E-state index in [0.29, 0.717) is 11.8 Å². The SMILES string of the molecule is Cl.Oc1ccc2ccccc2c1[C@@H]1CCCN1. The highest BCUT2D eigenvalue weighted by atomic mass is 35.5. The van der Waals surface area contributed by atoms with Gasteiger partial charge in [0.2, 0.25) is 0 Å². The minimum absolute atomic E-state index is 0. The van der Waals surface area contributed by atoms with Gasteiger partial charge in [-0.05, 0) is 36.2 Å². The Labute approximate surface area is 107 Å². The average molecular weight is 250 g/mol. The fraction of sp³-hybridized carbons (Fsp3) is 0.286. The lowest BCUT2D eigenvalue weighted by Gasteiger charge is -2.15. The van der Waals surface area contributed by atoms with Gasteiger partial charge in [0.25, 0.3) is 0 Å². The standard InChI is InChI=1S/C14H15NO.ClH/c16-13-8-7-10-4-1-2-5-11(10)14(13)12-6-3-9-15-12;/h1-2,4-5,7-8,12,15-16H,3,6,9H2;1H/t12-;/m0./s1. The van der Waals surface area contributed by atoms with E-state index >= 15 is 0 Å². The van der Waals surface area contributed by atoms with Crippen molar-refractivity contribution in [2.45, 2.75) is 18.9 Å². The highest BCUT2D eigenvalue weighted by Gasteiger charge is 2.21. The van der Waals surface area contributed by atoms with Crippen LogP contribution in [-0.2, 0) is 0 Å². The van der Waals surface area contributed by atoms with Crippen LogP contribution in [0.15, 0.2) is 36.4 Å². The third kappa shape index (κ3) is 2.11. The zero-order valence-electron chi connectivity index (χ0n) is 9.52. The Morgan fingerprint density at radius 1 is 1.12 bits per heavy atom. The monoisotopic (exact) mass is 249 g/mol. The van der Waals surface area contributed by atoms with Crippen molar-refractivity contribution in [3.63, 3.8) is 0 Å². The summed E-state index contributed by atoms with van der Waals surface area (Å²) in [6, 6.07) is 12.3. The number of aromatic hydroxyl groups is 1. The van der Waals surface area contributed by atoms with Gasteiger partial charge in [-0.3, -0.25) is 0 Å². The number of phenols is 1. The summed E-state index contributed by atoms with van der Waals surface area (Å²) >= 11 is 0. The summed E-state index contributed by atoms with van der Waals surface area (Å²) in [7, 11) is 0. The highest BCUT2D eigenvalue weighted by molar-refractivity contribution is 5.88. The molecule has 3 heteroatoms. The van der Waals surface area contributed by atoms with Gasteiger partial charge in [-0.15, -0.1) is 12.4 Å². The molecule has 1 atom stereocenters. The Kier molecular flexibility index (Phi) is 3.55. The number of nitrogens with one attached hydrogen (secondary N) is 1. The first-order valence-corrected chi connectivity index (χ1v) is 5.80. The number of halogens is 1. The molecule has 2 nitrogen and oxygen atoms in total. The summed E-state index contributed by atoms with van der Waals surface area (Å²) < 4.78 is 0. The number of benzene rings is 2. The van der Waals surface area contributed by atoms with Gasteiger partial charge in [-0.2, -0.15) is 0 Å². The van der Waals surface area contributed by atoms with E-state index in [-0.39, 0.29) is 12.4 Å². The summed E-state index contributed by atoms with van der Waals surface area (Å²) in [5, 5.41) is 15.8. The van der Waals surface area contributed by atoms with Crippen LogP contribution in [0.1, 0.15) is 24.4 Å². The molecule has 0 saturated carbocycles. The minimum atomic E-state index is 0. The van der Waals surface area contributed by atoms with E-state index in [1.807, 2.05) is 18.2 Å². The van der Waals surface area contributed by atoms with Gasteiger partial charge in [0.1, 0.15) is 5.75 Å². The first-order valence-electron chi connectivity index (χ1n) is 5.80. The Hall–Kier alpha value is -1.25. The molecule has 1 saturated heterocycles. The summed E-state index contributed by atoms with van der Waals surface area (Å²) in [6.07, 6.45) is 2.30. The fourth-order valence-electron chi connectivity index (χ4n) is 2.58. The van der Waals surface area contributed by atoms with E-state index in [0.717, 1.165) is 18.5 Å². The quantitative estimate of drug-likeness (QED) is 0.812. The van der Waals surface area contributed by atoms with Crippen LogP contribution in [0.4, 0.5) is 0 Å². The molecule has 3 rings (SSSR count). The van der Waals surface area contributed by atoms with Crippen LogP contribution in [0.25, 0.3) is 10.8 Å². The Bertz CT molecular complexity index is 521. The molecule has 0 unspecified atom stereocenters. The number of rotatable bonds is 1.